The van der Waals surface area contributed by atoms with Gasteiger partial charge in [-0.25, -0.2) is 0 Å². The molecule has 0 spiro atoms. The van der Waals surface area contributed by atoms with Crippen LogP contribution in [0.25, 0.3) is 0 Å². The first-order valence-electron chi connectivity index (χ1n) is 6.48. The van der Waals surface area contributed by atoms with Crippen LogP contribution in [0.5, 0.6) is 0 Å². The van der Waals surface area contributed by atoms with Crippen molar-refractivity contribution in [2.24, 2.45) is 11.8 Å². The van der Waals surface area contributed by atoms with E-state index in [9.17, 15) is 0 Å². The Morgan fingerprint density at radius 2 is 1.88 bits per heavy atom. The Morgan fingerprint density at radius 3 is 2.47 bits per heavy atom. The highest BCUT2D eigenvalue weighted by atomic mass is 35.5. The lowest BCUT2D eigenvalue weighted by molar-refractivity contribution is 0.396. The Bertz CT molecular complexity index is 335. The van der Waals surface area contributed by atoms with Gasteiger partial charge in [-0.2, -0.15) is 0 Å². The van der Waals surface area contributed by atoms with E-state index >= 15 is 0 Å². The molecular weight excluding hydrogens is 230 g/mol. The minimum atomic E-state index is 0.364. The largest absolute Gasteiger partial charge is 0.310 e. The van der Waals surface area contributed by atoms with Gasteiger partial charge in [0, 0.05) is 11.1 Å². The highest BCUT2D eigenvalue weighted by Crippen LogP contribution is 2.18. The number of nitrogens with one attached hydrogen (secondary N) is 1. The molecule has 17 heavy (non-hydrogen) atoms. The summed E-state index contributed by atoms with van der Waals surface area (Å²) in [5, 5.41) is 4.38. The Morgan fingerprint density at radius 1 is 1.18 bits per heavy atom. The molecule has 2 heteroatoms. The first kappa shape index (κ1) is 14.5. The highest BCUT2D eigenvalue weighted by Gasteiger charge is 2.09. The van der Waals surface area contributed by atoms with Gasteiger partial charge in [-0.1, -0.05) is 44.5 Å². The van der Waals surface area contributed by atoms with Gasteiger partial charge in [-0.15, -0.1) is 0 Å². The number of rotatable bonds is 6. The van der Waals surface area contributed by atoms with Crippen LogP contribution in [0.1, 0.15) is 45.7 Å². The van der Waals surface area contributed by atoms with Crippen molar-refractivity contribution in [3.05, 3.63) is 34.9 Å². The maximum absolute atomic E-state index is 5.99. The second-order valence-electron chi connectivity index (χ2n) is 5.42. The molecule has 0 heterocycles. The third-order valence-electron chi connectivity index (χ3n) is 2.99. The molecule has 0 amide bonds. The first-order valence-corrected chi connectivity index (χ1v) is 6.85. The average molecular weight is 254 g/mol. The summed E-state index contributed by atoms with van der Waals surface area (Å²) >= 11 is 5.99. The number of hydrogen-bond acceptors (Lipinski definition) is 1. The van der Waals surface area contributed by atoms with Crippen LogP contribution in [0.2, 0.25) is 5.02 Å². The third kappa shape index (κ3) is 5.56. The zero-order valence-electron chi connectivity index (χ0n) is 11.3. The predicted octanol–water partition coefficient (Wildman–Crippen LogP) is 4.67. The smallest absolute Gasteiger partial charge is 0.0409 e. The van der Waals surface area contributed by atoms with Crippen LogP contribution >= 0.6 is 11.6 Å². The third-order valence-corrected chi connectivity index (χ3v) is 3.23. The van der Waals surface area contributed by atoms with Crippen LogP contribution in [-0.2, 0) is 0 Å². The summed E-state index contributed by atoms with van der Waals surface area (Å²) in [7, 11) is 0. The van der Waals surface area contributed by atoms with Gasteiger partial charge in [-0.3, -0.25) is 0 Å². The molecule has 0 bridgehead atoms. The highest BCUT2D eigenvalue weighted by molar-refractivity contribution is 6.30. The molecule has 0 aliphatic heterocycles. The van der Waals surface area contributed by atoms with Crippen LogP contribution in [0.4, 0.5) is 0 Å². The molecule has 96 valence electrons. The molecular formula is C15H24ClN. The summed E-state index contributed by atoms with van der Waals surface area (Å²) in [6, 6.07) is 8.44. The predicted molar refractivity (Wildman–Crippen MR) is 76.5 cm³/mol. The summed E-state index contributed by atoms with van der Waals surface area (Å²) in [4.78, 5) is 0. The van der Waals surface area contributed by atoms with Gasteiger partial charge >= 0.3 is 0 Å². The lowest BCUT2D eigenvalue weighted by Gasteiger charge is -2.19. The molecule has 0 fully saturated rings. The van der Waals surface area contributed by atoms with E-state index in [1.807, 2.05) is 18.2 Å². The van der Waals surface area contributed by atoms with Crippen molar-refractivity contribution in [3.63, 3.8) is 0 Å². The average Bonchev–Trinajstić information content (AvgIpc) is 2.25. The summed E-state index contributed by atoms with van der Waals surface area (Å²) in [6.07, 6.45) is 1.27. The molecule has 1 rings (SSSR count). The number of benzene rings is 1. The van der Waals surface area contributed by atoms with Gasteiger partial charge in [0.25, 0.3) is 0 Å². The number of hydrogen-bond donors (Lipinski definition) is 1. The molecule has 2 unspecified atom stereocenters. The summed E-state index contributed by atoms with van der Waals surface area (Å²) in [5.74, 6) is 1.49. The van der Waals surface area contributed by atoms with Crippen molar-refractivity contribution in [1.29, 1.82) is 0 Å². The zero-order chi connectivity index (χ0) is 12.8. The molecule has 2 atom stereocenters. The van der Waals surface area contributed by atoms with Gasteiger partial charge in [0.15, 0.2) is 0 Å². The van der Waals surface area contributed by atoms with Gasteiger partial charge in [0.2, 0.25) is 0 Å². The van der Waals surface area contributed by atoms with Gasteiger partial charge in [0.05, 0.1) is 0 Å². The van der Waals surface area contributed by atoms with Gasteiger partial charge in [0.1, 0.15) is 0 Å². The van der Waals surface area contributed by atoms with Crippen molar-refractivity contribution in [3.8, 4) is 0 Å². The molecule has 0 radical (unpaired) electrons. The Hall–Kier alpha value is -0.530. The molecule has 0 aliphatic rings. The monoisotopic (exact) mass is 253 g/mol. The van der Waals surface area contributed by atoms with E-state index in [4.69, 9.17) is 11.6 Å². The second-order valence-corrected chi connectivity index (χ2v) is 5.86. The van der Waals surface area contributed by atoms with Crippen LogP contribution in [0, 0.1) is 11.8 Å². The SMILES string of the molecule is CC(C)CC(C)CNC(C)c1cccc(Cl)c1. The maximum Gasteiger partial charge on any atom is 0.0409 e. The van der Waals surface area contributed by atoms with E-state index in [2.05, 4.69) is 39.1 Å². The van der Waals surface area contributed by atoms with Crippen molar-refractivity contribution in [1.82, 2.24) is 5.32 Å². The van der Waals surface area contributed by atoms with E-state index in [1.54, 1.807) is 0 Å². The minimum absolute atomic E-state index is 0.364. The summed E-state index contributed by atoms with van der Waals surface area (Å²) < 4.78 is 0. The van der Waals surface area contributed by atoms with Crippen LogP contribution < -0.4 is 5.32 Å². The van der Waals surface area contributed by atoms with Crippen molar-refractivity contribution >= 4 is 11.6 Å². The fourth-order valence-electron chi connectivity index (χ4n) is 2.16. The van der Waals surface area contributed by atoms with Gasteiger partial charge in [-0.05, 0) is 49.4 Å². The topological polar surface area (TPSA) is 12.0 Å². The second kappa shape index (κ2) is 7.03. The minimum Gasteiger partial charge on any atom is -0.310 e. The molecule has 1 N–H and O–H groups in total. The zero-order valence-corrected chi connectivity index (χ0v) is 12.1. The van der Waals surface area contributed by atoms with Crippen LogP contribution in [0.3, 0.4) is 0 Å². The fraction of sp³-hybridized carbons (Fsp3) is 0.600. The number of halogens is 1. The van der Waals surface area contributed by atoms with E-state index in [0.29, 0.717) is 6.04 Å². The van der Waals surface area contributed by atoms with E-state index in [-0.39, 0.29) is 0 Å². The van der Waals surface area contributed by atoms with Crippen molar-refractivity contribution in [2.75, 3.05) is 6.54 Å². The Kier molecular flexibility index (Phi) is 6.01. The molecule has 0 aliphatic carbocycles. The molecule has 0 saturated heterocycles. The maximum atomic E-state index is 5.99. The van der Waals surface area contributed by atoms with Crippen LogP contribution in [0.15, 0.2) is 24.3 Å². The summed E-state index contributed by atoms with van der Waals surface area (Å²) in [6.45, 7) is 10.1. The van der Waals surface area contributed by atoms with Crippen molar-refractivity contribution in [2.45, 2.75) is 40.2 Å². The summed E-state index contributed by atoms with van der Waals surface area (Å²) in [5.41, 5.74) is 1.26. The van der Waals surface area contributed by atoms with Crippen molar-refractivity contribution < 1.29 is 0 Å². The Labute approximate surface area is 111 Å². The fourth-order valence-corrected chi connectivity index (χ4v) is 2.36. The first-order chi connectivity index (χ1) is 7.99. The molecule has 1 aromatic carbocycles. The molecule has 1 nitrogen and oxygen atoms in total. The van der Waals surface area contributed by atoms with E-state index < -0.39 is 0 Å². The Balaban J connectivity index is 2.42. The lowest BCUT2D eigenvalue weighted by atomic mass is 9.98. The van der Waals surface area contributed by atoms with Gasteiger partial charge < -0.3 is 5.32 Å². The molecule has 0 saturated carbocycles. The van der Waals surface area contributed by atoms with Crippen LogP contribution in [-0.4, -0.2) is 6.54 Å². The van der Waals surface area contributed by atoms with E-state index in [1.165, 1.54) is 12.0 Å². The standard InChI is InChI=1S/C15H24ClN/c1-11(2)8-12(3)10-17-13(4)14-6-5-7-15(16)9-14/h5-7,9,11-13,17H,8,10H2,1-4H3. The molecule has 0 aromatic heterocycles. The molecule has 1 aromatic rings. The quantitative estimate of drug-likeness (QED) is 0.777. The lowest BCUT2D eigenvalue weighted by Crippen LogP contribution is -2.25. The van der Waals surface area contributed by atoms with E-state index in [0.717, 1.165) is 23.4 Å². The normalized spacial score (nSPS) is 14.9.